The molecule has 0 bridgehead atoms. The first-order valence-corrected chi connectivity index (χ1v) is 3.61. The lowest BCUT2D eigenvalue weighted by molar-refractivity contribution is -0.107. The second-order valence-electron chi connectivity index (χ2n) is 2.60. The third-order valence-corrected chi connectivity index (χ3v) is 1.75. The van der Waals surface area contributed by atoms with Gasteiger partial charge in [0.15, 0.2) is 0 Å². The van der Waals surface area contributed by atoms with E-state index in [0.717, 1.165) is 0 Å². The molecule has 0 unspecified atom stereocenters. The summed E-state index contributed by atoms with van der Waals surface area (Å²) in [5.74, 6) is -0.0349. The zero-order valence-electron chi connectivity index (χ0n) is 6.74. The van der Waals surface area contributed by atoms with E-state index in [4.69, 9.17) is 0 Å². The summed E-state index contributed by atoms with van der Waals surface area (Å²) in [6, 6.07) is 3.06. The van der Waals surface area contributed by atoms with Gasteiger partial charge in [0.1, 0.15) is 17.8 Å². The van der Waals surface area contributed by atoms with Crippen LogP contribution in [0.4, 0.5) is 0 Å². The van der Waals surface area contributed by atoms with Gasteiger partial charge < -0.3 is 15.0 Å². The Kier molecular flexibility index (Phi) is 2.33. The van der Waals surface area contributed by atoms with Crippen molar-refractivity contribution >= 4 is 6.29 Å². The van der Waals surface area contributed by atoms with E-state index in [-0.39, 0.29) is 17.9 Å². The van der Waals surface area contributed by atoms with Crippen molar-refractivity contribution in [3.8, 4) is 11.5 Å². The molecule has 0 aliphatic heterocycles. The number of hydrogen-bond acceptors (Lipinski definition) is 3. The summed E-state index contributed by atoms with van der Waals surface area (Å²) in [7, 11) is 0. The number of phenolic OH excluding ortho intramolecular Hbond substituents is 2. The number of aryl methyl sites for hydroxylation is 1. The highest BCUT2D eigenvalue weighted by Crippen LogP contribution is 2.29. The van der Waals surface area contributed by atoms with Gasteiger partial charge in [0.25, 0.3) is 0 Å². The molecule has 1 aromatic carbocycles. The number of hydrogen-bond donors (Lipinski definition) is 2. The molecule has 12 heavy (non-hydrogen) atoms. The van der Waals surface area contributed by atoms with Gasteiger partial charge in [-0.2, -0.15) is 0 Å². The third kappa shape index (κ3) is 1.39. The van der Waals surface area contributed by atoms with Gasteiger partial charge in [0.05, 0.1) is 0 Å². The van der Waals surface area contributed by atoms with Gasteiger partial charge in [-0.05, 0) is 18.6 Å². The van der Waals surface area contributed by atoms with Crippen LogP contribution in [-0.4, -0.2) is 16.5 Å². The number of carbonyl (C=O) groups is 1. The smallest absolute Gasteiger partial charge is 0.125 e. The van der Waals surface area contributed by atoms with Crippen LogP contribution >= 0.6 is 0 Å². The normalized spacial score (nSPS) is 9.75. The molecular weight excluding hydrogens is 156 g/mol. The van der Waals surface area contributed by atoms with Crippen LogP contribution in [0.2, 0.25) is 0 Å². The average molecular weight is 166 g/mol. The van der Waals surface area contributed by atoms with Crippen molar-refractivity contribution in [2.75, 3.05) is 0 Å². The van der Waals surface area contributed by atoms with E-state index in [9.17, 15) is 15.0 Å². The lowest BCUT2D eigenvalue weighted by atomic mass is 10.1. The minimum absolute atomic E-state index is 0.00194. The minimum atomic E-state index is -0.0369. The quantitative estimate of drug-likeness (QED) is 0.648. The van der Waals surface area contributed by atoms with Crippen LogP contribution in [0.3, 0.4) is 0 Å². The van der Waals surface area contributed by atoms with Crippen LogP contribution in [0.25, 0.3) is 0 Å². The first-order chi connectivity index (χ1) is 5.66. The molecule has 0 amide bonds. The van der Waals surface area contributed by atoms with Crippen molar-refractivity contribution < 1.29 is 15.0 Å². The van der Waals surface area contributed by atoms with Gasteiger partial charge in [-0.1, -0.05) is 6.07 Å². The van der Waals surface area contributed by atoms with Gasteiger partial charge in [-0.25, -0.2) is 0 Å². The molecule has 1 rings (SSSR count). The zero-order chi connectivity index (χ0) is 9.14. The molecule has 1 aromatic rings. The Balaban J connectivity index is 3.22. The van der Waals surface area contributed by atoms with Crippen LogP contribution in [0.15, 0.2) is 12.1 Å². The molecule has 0 radical (unpaired) electrons. The fraction of sp³-hybridized carbons (Fsp3) is 0.222. The van der Waals surface area contributed by atoms with Crippen LogP contribution in [-0.2, 0) is 11.2 Å². The standard InChI is InChI=1S/C9H10O3/c1-6-2-3-8(11)7(4-5-10)9(6)12/h2-3,5,11-12H,4H2,1H3. The third-order valence-electron chi connectivity index (χ3n) is 1.75. The topological polar surface area (TPSA) is 57.5 Å². The molecule has 0 saturated carbocycles. The van der Waals surface area contributed by atoms with Crippen LogP contribution in [0.1, 0.15) is 11.1 Å². The second-order valence-corrected chi connectivity index (χ2v) is 2.60. The largest absolute Gasteiger partial charge is 0.508 e. The lowest BCUT2D eigenvalue weighted by Gasteiger charge is -2.05. The van der Waals surface area contributed by atoms with Gasteiger partial charge in [-0.15, -0.1) is 0 Å². The molecule has 0 spiro atoms. The van der Waals surface area contributed by atoms with E-state index >= 15 is 0 Å². The van der Waals surface area contributed by atoms with E-state index in [1.807, 2.05) is 0 Å². The van der Waals surface area contributed by atoms with E-state index in [0.29, 0.717) is 17.4 Å². The maximum Gasteiger partial charge on any atom is 0.125 e. The number of rotatable bonds is 2. The molecular formula is C9H10O3. The monoisotopic (exact) mass is 166 g/mol. The van der Waals surface area contributed by atoms with Gasteiger partial charge in [0.2, 0.25) is 0 Å². The van der Waals surface area contributed by atoms with Crippen molar-refractivity contribution in [3.63, 3.8) is 0 Å². The molecule has 0 saturated heterocycles. The van der Waals surface area contributed by atoms with E-state index < -0.39 is 0 Å². The van der Waals surface area contributed by atoms with Crippen LogP contribution < -0.4 is 0 Å². The van der Waals surface area contributed by atoms with Crippen LogP contribution in [0.5, 0.6) is 11.5 Å². The lowest BCUT2D eigenvalue weighted by Crippen LogP contribution is -1.89. The Labute approximate surface area is 70.3 Å². The van der Waals surface area contributed by atoms with Crippen molar-refractivity contribution in [1.29, 1.82) is 0 Å². The van der Waals surface area contributed by atoms with Crippen molar-refractivity contribution in [3.05, 3.63) is 23.3 Å². The Bertz CT molecular complexity index is 305. The Morgan fingerprint density at radius 2 is 2.08 bits per heavy atom. The number of phenols is 2. The highest BCUT2D eigenvalue weighted by Gasteiger charge is 2.08. The number of carbonyl (C=O) groups excluding carboxylic acids is 1. The zero-order valence-corrected chi connectivity index (χ0v) is 6.74. The predicted octanol–water partition coefficient (Wildman–Crippen LogP) is 1.15. The van der Waals surface area contributed by atoms with E-state index in [2.05, 4.69) is 0 Å². The van der Waals surface area contributed by atoms with Gasteiger partial charge >= 0.3 is 0 Å². The summed E-state index contributed by atoms with van der Waals surface area (Å²) in [6.07, 6.45) is 0.688. The molecule has 0 aromatic heterocycles. The van der Waals surface area contributed by atoms with Crippen molar-refractivity contribution in [2.45, 2.75) is 13.3 Å². The Morgan fingerprint density at radius 3 is 2.67 bits per heavy atom. The SMILES string of the molecule is Cc1ccc(O)c(CC=O)c1O. The molecule has 0 fully saturated rings. The molecule has 3 nitrogen and oxygen atoms in total. The average Bonchev–Trinajstić information content (AvgIpc) is 2.06. The van der Waals surface area contributed by atoms with Crippen molar-refractivity contribution in [2.24, 2.45) is 0 Å². The summed E-state index contributed by atoms with van der Waals surface area (Å²) in [5, 5.41) is 18.6. The Hall–Kier alpha value is -1.51. The van der Waals surface area contributed by atoms with E-state index in [1.165, 1.54) is 6.07 Å². The first kappa shape index (κ1) is 8.59. The Morgan fingerprint density at radius 1 is 1.42 bits per heavy atom. The summed E-state index contributed by atoms with van der Waals surface area (Å²) in [5.41, 5.74) is 0.953. The highest BCUT2D eigenvalue weighted by molar-refractivity contribution is 5.61. The molecule has 0 atom stereocenters. The highest BCUT2D eigenvalue weighted by atomic mass is 16.3. The second kappa shape index (κ2) is 3.26. The minimum Gasteiger partial charge on any atom is -0.508 e. The predicted molar refractivity (Wildman–Crippen MR) is 44.3 cm³/mol. The maximum atomic E-state index is 10.2. The number of aldehydes is 1. The summed E-state index contributed by atoms with van der Waals surface area (Å²) >= 11 is 0. The molecule has 64 valence electrons. The number of aromatic hydroxyl groups is 2. The van der Waals surface area contributed by atoms with Crippen molar-refractivity contribution in [1.82, 2.24) is 0 Å². The summed E-state index contributed by atoms with van der Waals surface area (Å²) in [4.78, 5) is 10.2. The van der Waals surface area contributed by atoms with E-state index in [1.54, 1.807) is 13.0 Å². The molecule has 0 aliphatic carbocycles. The molecule has 3 heteroatoms. The summed E-state index contributed by atoms with van der Waals surface area (Å²) < 4.78 is 0. The fourth-order valence-electron chi connectivity index (χ4n) is 1.03. The number of benzene rings is 1. The van der Waals surface area contributed by atoms with Gasteiger partial charge in [-0.3, -0.25) is 0 Å². The fourth-order valence-corrected chi connectivity index (χ4v) is 1.03. The maximum absolute atomic E-state index is 10.2. The van der Waals surface area contributed by atoms with Crippen LogP contribution in [0, 0.1) is 6.92 Å². The molecule has 0 heterocycles. The first-order valence-electron chi connectivity index (χ1n) is 3.61. The van der Waals surface area contributed by atoms with Gasteiger partial charge in [0, 0.05) is 12.0 Å². The summed E-state index contributed by atoms with van der Waals surface area (Å²) in [6.45, 7) is 1.71. The molecule has 0 aliphatic rings. The molecule has 2 N–H and O–H groups in total.